The van der Waals surface area contributed by atoms with Crippen LogP contribution in [0.15, 0.2) is 66.3 Å². The van der Waals surface area contributed by atoms with Crippen molar-refractivity contribution in [3.8, 4) is 0 Å². The van der Waals surface area contributed by atoms with Gasteiger partial charge in [-0.1, -0.05) is 36.4 Å². The summed E-state index contributed by atoms with van der Waals surface area (Å²) in [5, 5.41) is 6.92. The van der Waals surface area contributed by atoms with Crippen molar-refractivity contribution in [1.82, 2.24) is 10.3 Å². The summed E-state index contributed by atoms with van der Waals surface area (Å²) in [7, 11) is 0. The Balaban J connectivity index is 1.74. The monoisotopic (exact) mass is 410 g/mol. The van der Waals surface area contributed by atoms with Gasteiger partial charge in [0, 0.05) is 34.1 Å². The zero-order chi connectivity index (χ0) is 20.5. The number of hydrogen-bond acceptors (Lipinski definition) is 4. The zero-order valence-corrected chi connectivity index (χ0v) is 16.3. The maximum Gasteiger partial charge on any atom is 0.149 e. The highest BCUT2D eigenvalue weighted by Crippen LogP contribution is 2.32. The van der Waals surface area contributed by atoms with E-state index in [0.29, 0.717) is 39.1 Å². The Hall–Kier alpha value is -3.25. The molecule has 3 aromatic rings. The molecule has 1 atom stereocenters. The van der Waals surface area contributed by atoms with Crippen LogP contribution in [-0.4, -0.2) is 10.8 Å². The molecule has 1 aromatic heterocycles. The second-order valence-electron chi connectivity index (χ2n) is 6.61. The third-order valence-corrected chi connectivity index (χ3v) is 5.04. The number of nitrogens with one attached hydrogen (secondary N) is 2. The fourth-order valence-corrected chi connectivity index (χ4v) is 3.42. The molecule has 1 aliphatic heterocycles. The predicted molar refractivity (Wildman–Crippen MR) is 112 cm³/mol. The first-order valence-electron chi connectivity index (χ1n) is 8.90. The number of benzene rings is 2. The second-order valence-corrected chi connectivity index (χ2v) is 7.02. The number of aliphatic imine (C=N–C) groups is 1. The molecule has 1 unspecified atom stereocenters. The average molecular weight is 411 g/mol. The molecule has 29 heavy (non-hydrogen) atoms. The van der Waals surface area contributed by atoms with Crippen molar-refractivity contribution in [1.29, 1.82) is 0 Å². The number of aromatic nitrogens is 1. The van der Waals surface area contributed by atoms with Crippen LogP contribution in [0.2, 0.25) is 5.02 Å². The summed E-state index contributed by atoms with van der Waals surface area (Å²) in [4.78, 5) is 9.09. The lowest BCUT2D eigenvalue weighted by atomic mass is 10.0. The maximum atomic E-state index is 14.0. The van der Waals surface area contributed by atoms with Gasteiger partial charge in [-0.25, -0.2) is 18.8 Å². The average Bonchev–Trinajstić information content (AvgIpc) is 2.71. The molecule has 0 saturated carbocycles. The van der Waals surface area contributed by atoms with Crippen molar-refractivity contribution in [3.05, 3.63) is 100 Å². The lowest BCUT2D eigenvalue weighted by Crippen LogP contribution is -2.30. The first-order chi connectivity index (χ1) is 13.9. The Labute approximate surface area is 172 Å². The fourth-order valence-electron chi connectivity index (χ4n) is 3.19. The number of halogens is 3. The van der Waals surface area contributed by atoms with E-state index in [2.05, 4.69) is 22.2 Å². The second kappa shape index (κ2) is 7.64. The van der Waals surface area contributed by atoms with E-state index in [0.717, 1.165) is 11.6 Å². The summed E-state index contributed by atoms with van der Waals surface area (Å²) in [6.45, 7) is 5.53. The van der Waals surface area contributed by atoms with Crippen molar-refractivity contribution in [2.75, 3.05) is 5.32 Å². The molecule has 0 saturated heterocycles. The standard InChI is InChI=1S/C22H17ClF2N4/c1-12-17(10-14(24)11-19(12)25)13(2)27-22-16-7-5-9-26-20(16)28-21(29-22)15-6-3-4-8-18(15)23/h3-11,21H,2H2,1H3,(H,26,28)(H,27,29). The molecule has 0 spiro atoms. The third kappa shape index (κ3) is 3.71. The normalized spacial score (nSPS) is 15.2. The van der Waals surface area contributed by atoms with E-state index >= 15 is 0 Å². The highest BCUT2D eigenvalue weighted by molar-refractivity contribution is 6.31. The molecule has 7 heteroatoms. The van der Waals surface area contributed by atoms with Crippen LogP contribution in [0, 0.1) is 18.6 Å². The van der Waals surface area contributed by atoms with E-state index < -0.39 is 17.8 Å². The summed E-state index contributed by atoms with van der Waals surface area (Å²) in [5.41, 5.74) is 2.46. The largest absolute Gasteiger partial charge is 0.344 e. The Bertz CT molecular complexity index is 1140. The van der Waals surface area contributed by atoms with E-state index in [9.17, 15) is 8.78 Å². The summed E-state index contributed by atoms with van der Waals surface area (Å²) < 4.78 is 27.7. The van der Waals surface area contributed by atoms with Gasteiger partial charge in [-0.3, -0.25) is 0 Å². The van der Waals surface area contributed by atoms with Gasteiger partial charge in [-0.05, 0) is 36.8 Å². The maximum absolute atomic E-state index is 14.0. The minimum atomic E-state index is -0.672. The van der Waals surface area contributed by atoms with Crippen molar-refractivity contribution < 1.29 is 8.78 Å². The SMILES string of the molecule is C=C(NC1=NC(c2ccccc2Cl)Nc2ncccc21)c1cc(F)cc(F)c1C. The number of anilines is 1. The molecular formula is C22H17ClF2N4. The lowest BCUT2D eigenvalue weighted by Gasteiger charge is -2.26. The van der Waals surface area contributed by atoms with E-state index in [-0.39, 0.29) is 0 Å². The molecule has 0 amide bonds. The van der Waals surface area contributed by atoms with Crippen LogP contribution in [-0.2, 0) is 0 Å². The van der Waals surface area contributed by atoms with Crippen molar-refractivity contribution in [2.24, 2.45) is 4.99 Å². The van der Waals surface area contributed by atoms with E-state index in [1.807, 2.05) is 24.3 Å². The molecule has 0 fully saturated rings. The van der Waals surface area contributed by atoms with Gasteiger partial charge in [0.25, 0.3) is 0 Å². The van der Waals surface area contributed by atoms with Crippen LogP contribution in [0.25, 0.3) is 5.70 Å². The molecule has 4 nitrogen and oxygen atoms in total. The smallest absolute Gasteiger partial charge is 0.149 e. The number of rotatable bonds is 3. The molecule has 2 heterocycles. The van der Waals surface area contributed by atoms with Gasteiger partial charge < -0.3 is 10.6 Å². The Morgan fingerprint density at radius 1 is 1.17 bits per heavy atom. The number of amidine groups is 1. The number of hydrogen-bond donors (Lipinski definition) is 2. The van der Waals surface area contributed by atoms with Crippen LogP contribution in [0.1, 0.15) is 28.4 Å². The quantitative estimate of drug-likeness (QED) is 0.603. The summed E-state index contributed by atoms with van der Waals surface area (Å²) >= 11 is 6.34. The van der Waals surface area contributed by atoms with Gasteiger partial charge in [0.2, 0.25) is 0 Å². The van der Waals surface area contributed by atoms with Gasteiger partial charge in [-0.15, -0.1) is 0 Å². The molecule has 146 valence electrons. The fraction of sp³-hybridized carbons (Fsp3) is 0.0909. The van der Waals surface area contributed by atoms with Gasteiger partial charge in [0.05, 0.1) is 5.56 Å². The summed E-state index contributed by atoms with van der Waals surface area (Å²) in [6, 6.07) is 13.1. The molecule has 4 rings (SSSR count). The molecule has 0 radical (unpaired) electrons. The first-order valence-corrected chi connectivity index (χ1v) is 9.28. The Kier molecular flexibility index (Phi) is 5.03. The van der Waals surface area contributed by atoms with Crippen LogP contribution in [0.4, 0.5) is 14.6 Å². The Morgan fingerprint density at radius 3 is 2.76 bits per heavy atom. The summed E-state index contributed by atoms with van der Waals surface area (Å²) in [5.74, 6) is -0.212. The van der Waals surface area contributed by atoms with E-state index in [1.165, 1.54) is 6.07 Å². The van der Waals surface area contributed by atoms with Gasteiger partial charge in [-0.2, -0.15) is 0 Å². The molecule has 2 aromatic carbocycles. The van der Waals surface area contributed by atoms with Crippen molar-refractivity contribution >= 4 is 29.0 Å². The summed E-state index contributed by atoms with van der Waals surface area (Å²) in [6.07, 6.45) is 1.19. The Morgan fingerprint density at radius 2 is 1.97 bits per heavy atom. The van der Waals surface area contributed by atoms with Gasteiger partial charge >= 0.3 is 0 Å². The highest BCUT2D eigenvalue weighted by Gasteiger charge is 2.24. The predicted octanol–water partition coefficient (Wildman–Crippen LogP) is 5.45. The highest BCUT2D eigenvalue weighted by atomic mass is 35.5. The molecule has 2 N–H and O–H groups in total. The number of fused-ring (bicyclic) bond motifs is 1. The van der Waals surface area contributed by atoms with E-state index in [1.54, 1.807) is 25.3 Å². The molecular weight excluding hydrogens is 394 g/mol. The lowest BCUT2D eigenvalue weighted by molar-refractivity contribution is 0.576. The minimum absolute atomic E-state index is 0.299. The van der Waals surface area contributed by atoms with Crippen LogP contribution in [0.5, 0.6) is 0 Å². The van der Waals surface area contributed by atoms with Gasteiger partial charge in [0.1, 0.15) is 29.5 Å². The van der Waals surface area contributed by atoms with Crippen LogP contribution >= 0.6 is 11.6 Å². The van der Waals surface area contributed by atoms with Crippen LogP contribution < -0.4 is 10.6 Å². The molecule has 0 aliphatic carbocycles. The third-order valence-electron chi connectivity index (χ3n) is 4.70. The van der Waals surface area contributed by atoms with Crippen LogP contribution in [0.3, 0.4) is 0 Å². The van der Waals surface area contributed by atoms with Crippen molar-refractivity contribution in [3.63, 3.8) is 0 Å². The molecule has 0 bridgehead atoms. The molecule has 1 aliphatic rings. The topological polar surface area (TPSA) is 49.3 Å². The van der Waals surface area contributed by atoms with Crippen molar-refractivity contribution in [2.45, 2.75) is 13.1 Å². The first kappa shape index (κ1) is 19.1. The van der Waals surface area contributed by atoms with Gasteiger partial charge in [0.15, 0.2) is 0 Å². The number of nitrogens with zero attached hydrogens (tertiary/aromatic N) is 2. The zero-order valence-electron chi connectivity index (χ0n) is 15.5. The van der Waals surface area contributed by atoms with E-state index in [4.69, 9.17) is 16.6 Å². The number of pyridine rings is 1. The minimum Gasteiger partial charge on any atom is -0.344 e.